The Morgan fingerprint density at radius 2 is 1.84 bits per heavy atom. The van der Waals surface area contributed by atoms with Crippen LogP contribution in [0, 0.1) is 28.4 Å². The summed E-state index contributed by atoms with van der Waals surface area (Å²) in [6, 6.07) is 14.0. The highest BCUT2D eigenvalue weighted by Gasteiger charge is 2.33. The van der Waals surface area contributed by atoms with Crippen molar-refractivity contribution in [2.24, 2.45) is 5.41 Å². The molecule has 4 aromatic rings. The number of halogens is 2. The molecule has 0 spiro atoms. The molecule has 1 aliphatic rings. The van der Waals surface area contributed by atoms with Gasteiger partial charge in [0.1, 0.15) is 23.9 Å². The zero-order valence-corrected chi connectivity index (χ0v) is 26.6. The first-order valence-electron chi connectivity index (χ1n) is 14.8. The Kier molecular flexibility index (Phi) is 9.30. The van der Waals surface area contributed by atoms with Crippen molar-refractivity contribution >= 4 is 24.9 Å². The summed E-state index contributed by atoms with van der Waals surface area (Å²) in [6.45, 7) is 11.0. The summed E-state index contributed by atoms with van der Waals surface area (Å²) in [4.78, 5) is 17.1. The molecule has 0 saturated carbocycles. The number of nitriles is 1. The predicted octanol–water partition coefficient (Wildman–Crippen LogP) is 7.89. The Hall–Kier alpha value is -3.91. The number of carbonyl (C=O) groups excluding carboxylic acids is 1. The third-order valence-corrected chi connectivity index (χ3v) is 9.55. The van der Waals surface area contributed by atoms with E-state index < -0.39 is 25.5 Å². The van der Waals surface area contributed by atoms with E-state index in [0.717, 1.165) is 29.3 Å². The second-order valence-electron chi connectivity index (χ2n) is 13.1. The molecule has 0 amide bonds. The van der Waals surface area contributed by atoms with E-state index in [9.17, 15) is 10.1 Å². The summed E-state index contributed by atoms with van der Waals surface area (Å²) in [5.41, 5.74) is 2.79. The van der Waals surface area contributed by atoms with Crippen molar-refractivity contribution in [2.45, 2.75) is 58.6 Å². The smallest absolute Gasteiger partial charge is 0.198 e. The Labute approximate surface area is 257 Å². The number of fused-ring (bicyclic) bond motifs is 1. The number of pyridine rings is 1. The molecule has 0 unspecified atom stereocenters. The maximum absolute atomic E-state index is 15.3. The normalized spacial score (nSPS) is 14.3. The Morgan fingerprint density at radius 3 is 2.45 bits per heavy atom. The van der Waals surface area contributed by atoms with Gasteiger partial charge in [-0.15, -0.1) is 0 Å². The van der Waals surface area contributed by atoms with E-state index in [2.05, 4.69) is 37.6 Å². The van der Waals surface area contributed by atoms with Crippen LogP contribution in [0.25, 0.3) is 22.2 Å². The van der Waals surface area contributed by atoms with Crippen LogP contribution in [0.4, 0.5) is 8.78 Å². The van der Waals surface area contributed by atoms with Gasteiger partial charge in [0.05, 0.1) is 30.2 Å². The van der Waals surface area contributed by atoms with Gasteiger partial charge in [-0.3, -0.25) is 4.79 Å². The van der Waals surface area contributed by atoms with E-state index in [1.165, 1.54) is 6.20 Å². The van der Waals surface area contributed by atoms with Gasteiger partial charge in [-0.25, -0.2) is 13.8 Å². The third kappa shape index (κ3) is 7.41. The predicted molar refractivity (Wildman–Crippen MR) is 167 cm³/mol. The van der Waals surface area contributed by atoms with Gasteiger partial charge < -0.3 is 18.8 Å². The summed E-state index contributed by atoms with van der Waals surface area (Å²) in [7, 11) is -1.28. The molecule has 0 aliphatic carbocycles. The van der Waals surface area contributed by atoms with Gasteiger partial charge in [0, 0.05) is 50.9 Å². The highest BCUT2D eigenvalue weighted by atomic mass is 28.3. The first-order chi connectivity index (χ1) is 20.9. The standard InChI is InChI=1S/C34H37F2N3O4Si/c1-34(20-42-21-34)11-9-26(40)15-24-16-28(35)32(29(36)17-24)43-30-10-12-38-33-31(30)27(25-7-5-23(18-37)6-8-25)19-39(33)22-41-13-14-44(2,3)4/h5-8,10,12,16-17,19H,9,11,13-15,20-22H2,1-4H3. The van der Waals surface area contributed by atoms with Crippen LogP contribution < -0.4 is 4.74 Å². The molecular weight excluding hydrogens is 580 g/mol. The fourth-order valence-electron chi connectivity index (χ4n) is 5.13. The molecule has 0 N–H and O–H groups in total. The first kappa shape index (κ1) is 31.5. The van der Waals surface area contributed by atoms with Crippen molar-refractivity contribution in [3.63, 3.8) is 0 Å². The van der Waals surface area contributed by atoms with Crippen LogP contribution in [0.15, 0.2) is 54.9 Å². The van der Waals surface area contributed by atoms with Crippen molar-refractivity contribution in [1.82, 2.24) is 9.55 Å². The number of nitrogens with zero attached hydrogens (tertiary/aromatic N) is 3. The van der Waals surface area contributed by atoms with Crippen molar-refractivity contribution in [3.05, 3.63) is 77.6 Å². The Balaban J connectivity index is 1.43. The van der Waals surface area contributed by atoms with Crippen LogP contribution >= 0.6 is 0 Å². The number of benzene rings is 2. The maximum Gasteiger partial charge on any atom is 0.198 e. The largest absolute Gasteiger partial charge is 0.450 e. The molecule has 2 aromatic carbocycles. The summed E-state index contributed by atoms with van der Waals surface area (Å²) < 4.78 is 49.7. The number of rotatable bonds is 13. The molecule has 0 bridgehead atoms. The molecule has 1 aliphatic heterocycles. The SMILES string of the molecule is CC1(CCC(=O)Cc2cc(F)c(Oc3ccnc4c3c(-c3ccc(C#N)cc3)cn4COCC[Si](C)(C)C)c(F)c2)COC1. The molecule has 1 fully saturated rings. The second kappa shape index (κ2) is 13.0. The molecule has 0 atom stereocenters. The van der Waals surface area contributed by atoms with Crippen molar-refractivity contribution in [3.8, 4) is 28.7 Å². The highest BCUT2D eigenvalue weighted by molar-refractivity contribution is 6.76. The topological polar surface area (TPSA) is 86.4 Å². The molecule has 230 valence electrons. The molecule has 7 nitrogen and oxygen atoms in total. The molecule has 0 radical (unpaired) electrons. The monoisotopic (exact) mass is 617 g/mol. The van der Waals surface area contributed by atoms with Crippen LogP contribution in [0.3, 0.4) is 0 Å². The van der Waals surface area contributed by atoms with Crippen LogP contribution in [0.2, 0.25) is 25.7 Å². The fraction of sp³-hybridized carbons (Fsp3) is 0.382. The van der Waals surface area contributed by atoms with Gasteiger partial charge in [-0.2, -0.15) is 5.26 Å². The summed E-state index contributed by atoms with van der Waals surface area (Å²) in [6.07, 6.45) is 4.34. The summed E-state index contributed by atoms with van der Waals surface area (Å²) >= 11 is 0. The minimum absolute atomic E-state index is 0.00457. The van der Waals surface area contributed by atoms with Crippen molar-refractivity contribution in [1.29, 1.82) is 5.26 Å². The second-order valence-corrected chi connectivity index (χ2v) is 18.7. The van der Waals surface area contributed by atoms with Gasteiger partial charge in [-0.1, -0.05) is 38.7 Å². The van der Waals surface area contributed by atoms with E-state index in [-0.39, 0.29) is 35.7 Å². The van der Waals surface area contributed by atoms with Crippen LogP contribution in [0.5, 0.6) is 11.5 Å². The maximum atomic E-state index is 15.3. The highest BCUT2D eigenvalue weighted by Crippen LogP contribution is 2.40. The lowest BCUT2D eigenvalue weighted by atomic mass is 9.82. The van der Waals surface area contributed by atoms with E-state index in [1.54, 1.807) is 18.2 Å². The Morgan fingerprint density at radius 1 is 1.14 bits per heavy atom. The number of carbonyl (C=O) groups is 1. The quantitative estimate of drug-likeness (QED) is 0.112. The Bertz CT molecular complexity index is 1680. The van der Waals surface area contributed by atoms with E-state index >= 15 is 8.78 Å². The van der Waals surface area contributed by atoms with Crippen molar-refractivity contribution < 1.29 is 27.8 Å². The molecule has 3 heterocycles. The average molecular weight is 618 g/mol. The van der Waals surface area contributed by atoms with E-state index in [4.69, 9.17) is 14.2 Å². The number of aromatic nitrogens is 2. The molecule has 2 aromatic heterocycles. The fourth-order valence-corrected chi connectivity index (χ4v) is 5.88. The number of ketones is 1. The minimum Gasteiger partial charge on any atom is -0.450 e. The van der Waals surface area contributed by atoms with Gasteiger partial charge in [-0.05, 0) is 53.9 Å². The number of ether oxygens (including phenoxy) is 3. The average Bonchev–Trinajstić information content (AvgIpc) is 3.34. The lowest BCUT2D eigenvalue weighted by Crippen LogP contribution is -2.40. The minimum atomic E-state index is -1.28. The van der Waals surface area contributed by atoms with Gasteiger partial charge in [0.25, 0.3) is 0 Å². The van der Waals surface area contributed by atoms with Gasteiger partial charge >= 0.3 is 0 Å². The van der Waals surface area contributed by atoms with E-state index in [0.29, 0.717) is 49.3 Å². The molecule has 1 saturated heterocycles. The van der Waals surface area contributed by atoms with Crippen LogP contribution in [0.1, 0.15) is 30.9 Å². The van der Waals surface area contributed by atoms with Crippen LogP contribution in [-0.2, 0) is 27.4 Å². The third-order valence-electron chi connectivity index (χ3n) is 7.85. The molecular formula is C34H37F2N3O4Si. The van der Waals surface area contributed by atoms with Gasteiger partial charge in [0.2, 0.25) is 0 Å². The zero-order chi connectivity index (χ0) is 31.5. The zero-order valence-electron chi connectivity index (χ0n) is 25.6. The van der Waals surface area contributed by atoms with Crippen LogP contribution in [-0.4, -0.2) is 43.2 Å². The molecule has 5 rings (SSSR count). The molecule has 10 heteroatoms. The first-order valence-corrected chi connectivity index (χ1v) is 18.5. The number of hydrogen-bond acceptors (Lipinski definition) is 6. The lowest BCUT2D eigenvalue weighted by Gasteiger charge is -2.37. The summed E-state index contributed by atoms with van der Waals surface area (Å²) in [5, 5.41) is 9.81. The van der Waals surface area contributed by atoms with Gasteiger partial charge in [0.15, 0.2) is 17.4 Å². The van der Waals surface area contributed by atoms with E-state index in [1.807, 2.05) is 22.9 Å². The molecule has 44 heavy (non-hydrogen) atoms. The summed E-state index contributed by atoms with van der Waals surface area (Å²) in [5.74, 6) is -2.22. The number of Topliss-reactive ketones (excluding diaryl/α,β-unsaturated/α-hetero) is 1. The number of hydrogen-bond donors (Lipinski definition) is 0. The van der Waals surface area contributed by atoms with Crippen molar-refractivity contribution in [2.75, 3.05) is 19.8 Å². The lowest BCUT2D eigenvalue weighted by molar-refractivity contribution is -0.125.